The first kappa shape index (κ1) is 14.9. The summed E-state index contributed by atoms with van der Waals surface area (Å²) < 4.78 is 6.62. The molecule has 0 saturated carbocycles. The molecule has 1 aliphatic rings. The summed E-state index contributed by atoms with van der Waals surface area (Å²) in [5.41, 5.74) is 3.59. The Morgan fingerprint density at radius 2 is 2.14 bits per heavy atom. The van der Waals surface area contributed by atoms with Crippen molar-refractivity contribution < 1.29 is 4.74 Å². The standard InChI is InChI=1S/C17H17BrClNO/c1-2-20-17(14-10-13(18)4-5-15(14)19)12-3-6-16-11(9-12)7-8-21-16/h3-6,9-10,17,20H,2,7-8H2,1H3. The molecule has 2 aromatic carbocycles. The van der Waals surface area contributed by atoms with Crippen LogP contribution in [-0.4, -0.2) is 13.2 Å². The maximum absolute atomic E-state index is 6.41. The highest BCUT2D eigenvalue weighted by Gasteiger charge is 2.20. The van der Waals surface area contributed by atoms with Gasteiger partial charge in [0.2, 0.25) is 0 Å². The van der Waals surface area contributed by atoms with Gasteiger partial charge in [-0.15, -0.1) is 0 Å². The van der Waals surface area contributed by atoms with Crippen LogP contribution in [0.25, 0.3) is 0 Å². The third-order valence-corrected chi connectivity index (χ3v) is 4.56. The smallest absolute Gasteiger partial charge is 0.122 e. The third kappa shape index (κ3) is 3.10. The molecular weight excluding hydrogens is 350 g/mol. The highest BCUT2D eigenvalue weighted by atomic mass is 79.9. The summed E-state index contributed by atoms with van der Waals surface area (Å²) in [6, 6.07) is 12.5. The lowest BCUT2D eigenvalue weighted by Crippen LogP contribution is -2.22. The molecule has 2 aromatic rings. The van der Waals surface area contributed by atoms with E-state index in [1.165, 1.54) is 11.1 Å². The average Bonchev–Trinajstić information content (AvgIpc) is 2.95. The van der Waals surface area contributed by atoms with E-state index in [0.29, 0.717) is 0 Å². The van der Waals surface area contributed by atoms with E-state index in [1.807, 2.05) is 12.1 Å². The molecular formula is C17H17BrClNO. The molecule has 3 rings (SSSR count). The Bertz CT molecular complexity index is 659. The van der Waals surface area contributed by atoms with E-state index in [9.17, 15) is 0 Å². The molecule has 0 aliphatic carbocycles. The van der Waals surface area contributed by atoms with Gasteiger partial charge < -0.3 is 10.1 Å². The second kappa shape index (κ2) is 6.39. The number of fused-ring (bicyclic) bond motifs is 1. The number of hydrogen-bond donors (Lipinski definition) is 1. The van der Waals surface area contributed by atoms with Crippen LogP contribution >= 0.6 is 27.5 Å². The summed E-state index contributed by atoms with van der Waals surface area (Å²) in [6.45, 7) is 3.76. The molecule has 0 radical (unpaired) electrons. The Morgan fingerprint density at radius 3 is 2.95 bits per heavy atom. The van der Waals surface area contributed by atoms with E-state index in [4.69, 9.17) is 16.3 Å². The monoisotopic (exact) mass is 365 g/mol. The molecule has 0 spiro atoms. The molecule has 1 heterocycles. The molecule has 0 aromatic heterocycles. The second-order valence-corrected chi connectivity index (χ2v) is 6.45. The molecule has 1 N–H and O–H groups in total. The van der Waals surface area contributed by atoms with Crippen molar-refractivity contribution in [1.82, 2.24) is 5.32 Å². The van der Waals surface area contributed by atoms with Crippen LogP contribution in [0.4, 0.5) is 0 Å². The van der Waals surface area contributed by atoms with Gasteiger partial charge in [-0.3, -0.25) is 0 Å². The third-order valence-electron chi connectivity index (χ3n) is 3.72. The molecule has 0 amide bonds. The number of halogens is 2. The Morgan fingerprint density at radius 1 is 1.29 bits per heavy atom. The second-order valence-electron chi connectivity index (χ2n) is 5.12. The van der Waals surface area contributed by atoms with Crippen LogP contribution in [0.5, 0.6) is 5.75 Å². The van der Waals surface area contributed by atoms with Crippen LogP contribution in [0.2, 0.25) is 5.02 Å². The zero-order valence-corrected chi connectivity index (χ0v) is 14.2. The fourth-order valence-corrected chi connectivity index (χ4v) is 3.34. The quantitative estimate of drug-likeness (QED) is 0.844. The molecule has 110 valence electrons. The van der Waals surface area contributed by atoms with Crippen LogP contribution in [0.3, 0.4) is 0 Å². The van der Waals surface area contributed by atoms with Crippen molar-refractivity contribution >= 4 is 27.5 Å². The summed E-state index contributed by atoms with van der Waals surface area (Å²) in [5, 5.41) is 4.31. The van der Waals surface area contributed by atoms with Crippen LogP contribution in [0.15, 0.2) is 40.9 Å². The topological polar surface area (TPSA) is 21.3 Å². The van der Waals surface area contributed by atoms with Gasteiger partial charge in [-0.25, -0.2) is 0 Å². The van der Waals surface area contributed by atoms with E-state index >= 15 is 0 Å². The lowest BCUT2D eigenvalue weighted by molar-refractivity contribution is 0.357. The van der Waals surface area contributed by atoms with Crippen molar-refractivity contribution in [2.45, 2.75) is 19.4 Å². The molecule has 1 aliphatic heterocycles. The number of hydrogen-bond acceptors (Lipinski definition) is 2. The van der Waals surface area contributed by atoms with E-state index in [0.717, 1.165) is 40.4 Å². The van der Waals surface area contributed by atoms with Crippen LogP contribution < -0.4 is 10.1 Å². The van der Waals surface area contributed by atoms with E-state index in [2.05, 4.69) is 52.4 Å². The Balaban J connectivity index is 2.03. The van der Waals surface area contributed by atoms with Gasteiger partial charge in [0.25, 0.3) is 0 Å². The van der Waals surface area contributed by atoms with Gasteiger partial charge in [-0.2, -0.15) is 0 Å². The minimum absolute atomic E-state index is 0.0888. The predicted molar refractivity (Wildman–Crippen MR) is 90.3 cm³/mol. The fraction of sp³-hybridized carbons (Fsp3) is 0.294. The SMILES string of the molecule is CCNC(c1ccc2c(c1)CCO2)c1cc(Br)ccc1Cl. The van der Waals surface area contributed by atoms with Crippen molar-refractivity contribution in [3.63, 3.8) is 0 Å². The Kier molecular flexibility index (Phi) is 4.53. The molecule has 0 bridgehead atoms. The largest absolute Gasteiger partial charge is 0.493 e. The Hall–Kier alpha value is -1.03. The maximum atomic E-state index is 6.41. The first-order valence-corrected chi connectivity index (χ1v) is 8.30. The number of nitrogens with one attached hydrogen (secondary N) is 1. The molecule has 21 heavy (non-hydrogen) atoms. The zero-order valence-electron chi connectivity index (χ0n) is 11.8. The van der Waals surface area contributed by atoms with Gasteiger partial charge in [0, 0.05) is 15.9 Å². The van der Waals surface area contributed by atoms with Crippen LogP contribution in [0, 0.1) is 0 Å². The van der Waals surface area contributed by atoms with E-state index < -0.39 is 0 Å². The molecule has 2 nitrogen and oxygen atoms in total. The predicted octanol–water partition coefficient (Wildman–Crippen LogP) is 4.74. The summed E-state index contributed by atoms with van der Waals surface area (Å²) in [6.07, 6.45) is 0.980. The van der Waals surface area contributed by atoms with E-state index in [-0.39, 0.29) is 6.04 Å². The summed E-state index contributed by atoms with van der Waals surface area (Å²) in [7, 11) is 0. The molecule has 0 saturated heterocycles. The van der Waals surface area contributed by atoms with Crippen LogP contribution in [0.1, 0.15) is 29.7 Å². The van der Waals surface area contributed by atoms with Crippen molar-refractivity contribution in [3.05, 3.63) is 62.6 Å². The highest BCUT2D eigenvalue weighted by Crippen LogP contribution is 2.34. The van der Waals surface area contributed by atoms with Crippen molar-refractivity contribution in [1.29, 1.82) is 0 Å². The summed E-state index contributed by atoms with van der Waals surface area (Å²) >= 11 is 9.94. The minimum atomic E-state index is 0.0888. The minimum Gasteiger partial charge on any atom is -0.493 e. The van der Waals surface area contributed by atoms with Crippen molar-refractivity contribution in [2.75, 3.05) is 13.2 Å². The zero-order chi connectivity index (χ0) is 14.8. The average molecular weight is 367 g/mol. The highest BCUT2D eigenvalue weighted by molar-refractivity contribution is 9.10. The normalized spacial score (nSPS) is 14.6. The van der Waals surface area contributed by atoms with Gasteiger partial charge in [-0.1, -0.05) is 46.6 Å². The van der Waals surface area contributed by atoms with Gasteiger partial charge in [0.1, 0.15) is 5.75 Å². The van der Waals surface area contributed by atoms with Crippen molar-refractivity contribution in [2.24, 2.45) is 0 Å². The maximum Gasteiger partial charge on any atom is 0.122 e. The summed E-state index contributed by atoms with van der Waals surface area (Å²) in [5.74, 6) is 1.01. The fourth-order valence-electron chi connectivity index (χ4n) is 2.73. The van der Waals surface area contributed by atoms with Crippen molar-refractivity contribution in [3.8, 4) is 5.75 Å². The number of ether oxygens (including phenoxy) is 1. The van der Waals surface area contributed by atoms with Crippen LogP contribution in [-0.2, 0) is 6.42 Å². The Labute approximate surface area is 138 Å². The first-order chi connectivity index (χ1) is 10.2. The van der Waals surface area contributed by atoms with E-state index in [1.54, 1.807) is 0 Å². The molecule has 0 fully saturated rings. The van der Waals surface area contributed by atoms with Gasteiger partial charge in [-0.05, 0) is 47.5 Å². The summed E-state index contributed by atoms with van der Waals surface area (Å²) in [4.78, 5) is 0. The lowest BCUT2D eigenvalue weighted by atomic mass is 9.96. The molecule has 1 unspecified atom stereocenters. The van der Waals surface area contributed by atoms with Gasteiger partial charge in [0.15, 0.2) is 0 Å². The van der Waals surface area contributed by atoms with Gasteiger partial charge in [0.05, 0.1) is 12.6 Å². The lowest BCUT2D eigenvalue weighted by Gasteiger charge is -2.21. The number of benzene rings is 2. The molecule has 1 atom stereocenters. The molecule has 4 heteroatoms. The first-order valence-electron chi connectivity index (χ1n) is 7.13. The van der Waals surface area contributed by atoms with Gasteiger partial charge >= 0.3 is 0 Å². The number of rotatable bonds is 4.